The van der Waals surface area contributed by atoms with Crippen molar-refractivity contribution in [2.45, 2.75) is 0 Å². The molecular weight excluding hydrogens is 448 g/mol. The van der Waals surface area contributed by atoms with Gasteiger partial charge in [0.05, 0.1) is 15.6 Å². The van der Waals surface area contributed by atoms with E-state index in [-0.39, 0.29) is 11.5 Å². The molecule has 0 bridgehead atoms. The maximum atomic E-state index is 11.0. The molecule has 98 valence electrons. The van der Waals surface area contributed by atoms with E-state index in [4.69, 9.17) is 11.6 Å². The van der Waals surface area contributed by atoms with Crippen LogP contribution in [0.4, 0.5) is 17.2 Å². The first kappa shape index (κ1) is 14.5. The Kier molecular flexibility index (Phi) is 4.58. The molecule has 2 aromatic rings. The summed E-state index contributed by atoms with van der Waals surface area (Å²) in [6.45, 7) is 0. The first-order chi connectivity index (χ1) is 8.97. The van der Waals surface area contributed by atoms with Gasteiger partial charge < -0.3 is 5.32 Å². The lowest BCUT2D eigenvalue weighted by molar-refractivity contribution is -0.384. The SMILES string of the molecule is O=[N+]([O-])c1cc(Br)cnc1Nc1ccc(I)cc1Cl. The van der Waals surface area contributed by atoms with E-state index < -0.39 is 4.92 Å². The Balaban J connectivity index is 2.40. The van der Waals surface area contributed by atoms with Crippen molar-refractivity contribution in [3.8, 4) is 0 Å². The van der Waals surface area contributed by atoms with Crippen molar-refractivity contribution < 1.29 is 4.92 Å². The van der Waals surface area contributed by atoms with Gasteiger partial charge in [-0.15, -0.1) is 0 Å². The normalized spacial score (nSPS) is 10.3. The lowest BCUT2D eigenvalue weighted by atomic mass is 10.3. The van der Waals surface area contributed by atoms with Crippen LogP contribution in [0.25, 0.3) is 0 Å². The first-order valence-corrected chi connectivity index (χ1v) is 7.24. The van der Waals surface area contributed by atoms with Crippen molar-refractivity contribution in [3.05, 3.63) is 53.6 Å². The van der Waals surface area contributed by atoms with Gasteiger partial charge in [0.25, 0.3) is 0 Å². The Morgan fingerprint density at radius 3 is 2.79 bits per heavy atom. The van der Waals surface area contributed by atoms with Gasteiger partial charge >= 0.3 is 5.69 Å². The third-order valence-corrected chi connectivity index (χ3v) is 3.63. The summed E-state index contributed by atoms with van der Waals surface area (Å²) in [6, 6.07) is 6.74. The molecule has 0 saturated heterocycles. The van der Waals surface area contributed by atoms with Crippen molar-refractivity contribution in [2.75, 3.05) is 5.32 Å². The van der Waals surface area contributed by atoms with Gasteiger partial charge in [0.1, 0.15) is 0 Å². The molecule has 1 aromatic carbocycles. The van der Waals surface area contributed by atoms with Crippen LogP contribution in [0, 0.1) is 13.7 Å². The molecule has 0 unspecified atom stereocenters. The summed E-state index contributed by atoms with van der Waals surface area (Å²) in [7, 11) is 0. The molecule has 0 radical (unpaired) electrons. The molecule has 0 atom stereocenters. The van der Waals surface area contributed by atoms with Crippen LogP contribution in [0.5, 0.6) is 0 Å². The summed E-state index contributed by atoms with van der Waals surface area (Å²) in [6.07, 6.45) is 1.48. The Morgan fingerprint density at radius 1 is 1.42 bits per heavy atom. The Hall–Kier alpha value is -0.930. The summed E-state index contributed by atoms with van der Waals surface area (Å²) in [5, 5.41) is 14.3. The Bertz CT molecular complexity index is 654. The molecule has 2 rings (SSSR count). The number of halogens is 3. The van der Waals surface area contributed by atoms with Gasteiger partial charge in [-0.3, -0.25) is 10.1 Å². The maximum Gasteiger partial charge on any atom is 0.312 e. The van der Waals surface area contributed by atoms with E-state index in [0.717, 1.165) is 3.57 Å². The van der Waals surface area contributed by atoms with E-state index in [1.165, 1.54) is 12.3 Å². The summed E-state index contributed by atoms with van der Waals surface area (Å²) < 4.78 is 1.52. The third kappa shape index (κ3) is 3.54. The second kappa shape index (κ2) is 6.02. The fourth-order valence-corrected chi connectivity index (χ4v) is 2.60. The molecule has 1 heterocycles. The molecule has 0 aliphatic heterocycles. The van der Waals surface area contributed by atoms with Crippen molar-refractivity contribution in [1.82, 2.24) is 4.98 Å². The molecule has 8 heteroatoms. The minimum atomic E-state index is -0.499. The fourth-order valence-electron chi connectivity index (χ4n) is 1.38. The number of benzene rings is 1. The summed E-state index contributed by atoms with van der Waals surface area (Å²) >= 11 is 11.4. The Labute approximate surface area is 135 Å². The van der Waals surface area contributed by atoms with Gasteiger partial charge in [0.2, 0.25) is 5.82 Å². The van der Waals surface area contributed by atoms with Crippen LogP contribution in [-0.4, -0.2) is 9.91 Å². The lowest BCUT2D eigenvalue weighted by Crippen LogP contribution is -2.00. The summed E-state index contributed by atoms with van der Waals surface area (Å²) in [5.74, 6) is 0.149. The minimum absolute atomic E-state index is 0.121. The number of nitrogens with one attached hydrogen (secondary N) is 1. The molecule has 0 aliphatic carbocycles. The number of anilines is 2. The van der Waals surface area contributed by atoms with Crippen molar-refractivity contribution in [1.29, 1.82) is 0 Å². The predicted octanol–water partition coefficient (Wildman–Crippen LogP) is 4.75. The van der Waals surface area contributed by atoms with Gasteiger partial charge in [-0.25, -0.2) is 4.98 Å². The summed E-state index contributed by atoms with van der Waals surface area (Å²) in [5.41, 5.74) is 0.448. The number of nitro groups is 1. The van der Waals surface area contributed by atoms with E-state index in [9.17, 15) is 10.1 Å². The van der Waals surface area contributed by atoms with Gasteiger partial charge in [-0.1, -0.05) is 11.6 Å². The standard InChI is InChI=1S/C11H6BrClIN3O2/c12-6-3-10(17(18)19)11(15-5-6)16-9-2-1-7(14)4-8(9)13/h1-5H,(H,15,16). The molecule has 0 fully saturated rings. The number of hydrogen-bond acceptors (Lipinski definition) is 4. The number of pyridine rings is 1. The third-order valence-electron chi connectivity index (χ3n) is 2.22. The first-order valence-electron chi connectivity index (χ1n) is 4.99. The average Bonchev–Trinajstić information content (AvgIpc) is 2.34. The highest BCUT2D eigenvalue weighted by Crippen LogP contribution is 2.31. The van der Waals surface area contributed by atoms with Gasteiger partial charge in [0.15, 0.2) is 0 Å². The lowest BCUT2D eigenvalue weighted by Gasteiger charge is -2.08. The molecule has 0 saturated carbocycles. The quantitative estimate of drug-likeness (QED) is 0.413. The highest BCUT2D eigenvalue weighted by atomic mass is 127. The number of hydrogen-bond donors (Lipinski definition) is 1. The second-order valence-corrected chi connectivity index (χ2v) is 6.10. The average molecular weight is 454 g/mol. The smallest absolute Gasteiger partial charge is 0.312 e. The van der Waals surface area contributed by atoms with Crippen LogP contribution in [-0.2, 0) is 0 Å². The summed E-state index contributed by atoms with van der Waals surface area (Å²) in [4.78, 5) is 14.5. The van der Waals surface area contributed by atoms with Crippen LogP contribution >= 0.6 is 50.1 Å². The van der Waals surface area contributed by atoms with E-state index in [2.05, 4.69) is 48.8 Å². The number of aromatic nitrogens is 1. The van der Waals surface area contributed by atoms with Crippen LogP contribution in [0.3, 0.4) is 0 Å². The molecular formula is C11H6BrClIN3O2. The molecule has 1 N–H and O–H groups in total. The topological polar surface area (TPSA) is 68.1 Å². The highest BCUT2D eigenvalue weighted by molar-refractivity contribution is 14.1. The molecule has 1 aromatic heterocycles. The maximum absolute atomic E-state index is 11.0. The van der Waals surface area contributed by atoms with Crippen molar-refractivity contribution in [2.24, 2.45) is 0 Å². The van der Waals surface area contributed by atoms with Gasteiger partial charge in [0, 0.05) is 20.3 Å². The minimum Gasteiger partial charge on any atom is -0.333 e. The van der Waals surface area contributed by atoms with E-state index in [1.807, 2.05) is 6.07 Å². The molecule has 0 spiro atoms. The molecule has 0 amide bonds. The zero-order valence-corrected chi connectivity index (χ0v) is 13.7. The number of nitrogens with zero attached hydrogens (tertiary/aromatic N) is 2. The molecule has 5 nitrogen and oxygen atoms in total. The van der Waals surface area contributed by atoms with E-state index >= 15 is 0 Å². The van der Waals surface area contributed by atoms with Gasteiger partial charge in [-0.05, 0) is 56.7 Å². The van der Waals surface area contributed by atoms with E-state index in [1.54, 1.807) is 12.1 Å². The van der Waals surface area contributed by atoms with Crippen LogP contribution in [0.15, 0.2) is 34.9 Å². The zero-order chi connectivity index (χ0) is 14.0. The largest absolute Gasteiger partial charge is 0.333 e. The predicted molar refractivity (Wildman–Crippen MR) is 86.0 cm³/mol. The monoisotopic (exact) mass is 453 g/mol. The van der Waals surface area contributed by atoms with Crippen LogP contribution in [0.1, 0.15) is 0 Å². The van der Waals surface area contributed by atoms with Crippen molar-refractivity contribution >= 4 is 67.3 Å². The van der Waals surface area contributed by atoms with Gasteiger partial charge in [-0.2, -0.15) is 0 Å². The van der Waals surface area contributed by atoms with Crippen LogP contribution in [0.2, 0.25) is 5.02 Å². The fraction of sp³-hybridized carbons (Fsp3) is 0. The number of rotatable bonds is 3. The molecule has 19 heavy (non-hydrogen) atoms. The zero-order valence-electron chi connectivity index (χ0n) is 9.23. The molecule has 0 aliphatic rings. The second-order valence-electron chi connectivity index (χ2n) is 3.53. The van der Waals surface area contributed by atoms with Crippen molar-refractivity contribution in [3.63, 3.8) is 0 Å². The van der Waals surface area contributed by atoms with E-state index in [0.29, 0.717) is 15.2 Å². The highest BCUT2D eigenvalue weighted by Gasteiger charge is 2.16. The van der Waals surface area contributed by atoms with Crippen LogP contribution < -0.4 is 5.32 Å². The Morgan fingerprint density at radius 2 is 2.16 bits per heavy atom.